The average molecular weight is 419 g/mol. The maximum atomic E-state index is 12.5. The van der Waals surface area contributed by atoms with Gasteiger partial charge in [-0.05, 0) is 53.3 Å². The molecule has 0 bridgehead atoms. The van der Waals surface area contributed by atoms with Crippen LogP contribution in [0.4, 0.5) is 0 Å². The molecule has 0 atom stereocenters. The summed E-state index contributed by atoms with van der Waals surface area (Å²) in [5, 5.41) is 13.3. The number of rotatable bonds is 5. The van der Waals surface area contributed by atoms with E-state index in [0.717, 1.165) is 29.0 Å². The lowest BCUT2D eigenvalue weighted by Crippen LogP contribution is -2.27. The zero-order valence-electron chi connectivity index (χ0n) is 16.8. The van der Waals surface area contributed by atoms with E-state index in [1.165, 1.54) is 11.3 Å². The van der Waals surface area contributed by atoms with Gasteiger partial charge in [-0.25, -0.2) is 0 Å². The maximum Gasteiger partial charge on any atom is 0.260 e. The molecule has 4 rings (SSSR count). The Morgan fingerprint density at radius 1 is 1.10 bits per heavy atom. The molecule has 0 aliphatic heterocycles. The van der Waals surface area contributed by atoms with Crippen LogP contribution in [0.3, 0.4) is 0 Å². The van der Waals surface area contributed by atoms with E-state index in [2.05, 4.69) is 4.98 Å². The summed E-state index contributed by atoms with van der Waals surface area (Å²) in [5.74, 6) is -0.0243. The smallest absolute Gasteiger partial charge is 0.260 e. The second-order valence-electron chi connectivity index (χ2n) is 7.22. The van der Waals surface area contributed by atoms with Gasteiger partial charge in [0.05, 0.1) is 11.1 Å². The molecular formula is C24H22N2O3S. The Balaban J connectivity index is 1.73. The quantitative estimate of drug-likeness (QED) is 0.473. The SMILES string of the molecule is CCCN(C)C(=O)c1ccc(-c2ccc3[nH]c(=O)c(-c4cccs4)c(O)c3c2)cc1. The van der Waals surface area contributed by atoms with Gasteiger partial charge in [0.15, 0.2) is 0 Å². The number of H-pyrrole nitrogens is 1. The summed E-state index contributed by atoms with van der Waals surface area (Å²) in [6, 6.07) is 16.6. The first-order chi connectivity index (χ1) is 14.5. The summed E-state index contributed by atoms with van der Waals surface area (Å²) >= 11 is 1.41. The van der Waals surface area contributed by atoms with Crippen LogP contribution in [0.5, 0.6) is 5.75 Å². The zero-order valence-corrected chi connectivity index (χ0v) is 17.6. The highest BCUT2D eigenvalue weighted by atomic mass is 32.1. The van der Waals surface area contributed by atoms with E-state index in [-0.39, 0.29) is 22.8 Å². The van der Waals surface area contributed by atoms with Crippen LogP contribution in [0.2, 0.25) is 0 Å². The van der Waals surface area contributed by atoms with E-state index in [1.54, 1.807) is 18.0 Å². The molecule has 0 aliphatic rings. The van der Waals surface area contributed by atoms with E-state index in [0.29, 0.717) is 16.5 Å². The number of aromatic amines is 1. The van der Waals surface area contributed by atoms with Gasteiger partial charge < -0.3 is 15.0 Å². The molecule has 0 fully saturated rings. The molecule has 1 amide bonds. The Kier molecular flexibility index (Phi) is 5.42. The predicted octanol–water partition coefficient (Wildman–Crippen LogP) is 5.11. The minimum atomic E-state index is -0.311. The number of aromatic hydroxyl groups is 1. The summed E-state index contributed by atoms with van der Waals surface area (Å²) < 4.78 is 0. The van der Waals surface area contributed by atoms with Gasteiger partial charge in [0.25, 0.3) is 11.5 Å². The van der Waals surface area contributed by atoms with Gasteiger partial charge in [-0.1, -0.05) is 31.2 Å². The van der Waals surface area contributed by atoms with Gasteiger partial charge in [-0.15, -0.1) is 11.3 Å². The summed E-state index contributed by atoms with van der Waals surface area (Å²) in [5.41, 5.74) is 3.01. The number of hydrogen-bond acceptors (Lipinski definition) is 4. The van der Waals surface area contributed by atoms with Gasteiger partial charge in [0, 0.05) is 29.4 Å². The Bertz CT molecular complexity index is 1260. The van der Waals surface area contributed by atoms with Gasteiger partial charge in [0.2, 0.25) is 0 Å². The molecular weight excluding hydrogens is 396 g/mol. The van der Waals surface area contributed by atoms with Gasteiger partial charge in [-0.2, -0.15) is 0 Å². The number of hydrogen-bond donors (Lipinski definition) is 2. The number of benzene rings is 2. The minimum absolute atomic E-state index is 0.00211. The number of carbonyl (C=O) groups excluding carboxylic acids is 1. The molecule has 30 heavy (non-hydrogen) atoms. The van der Waals surface area contributed by atoms with E-state index < -0.39 is 0 Å². The van der Waals surface area contributed by atoms with Crippen LogP contribution in [-0.4, -0.2) is 34.5 Å². The number of pyridine rings is 1. The molecule has 0 spiro atoms. The highest BCUT2D eigenvalue weighted by Crippen LogP contribution is 2.36. The largest absolute Gasteiger partial charge is 0.506 e. The lowest BCUT2D eigenvalue weighted by Gasteiger charge is -2.16. The van der Waals surface area contributed by atoms with Crippen molar-refractivity contribution in [3.05, 3.63) is 75.9 Å². The van der Waals surface area contributed by atoms with Crippen molar-refractivity contribution in [1.29, 1.82) is 0 Å². The molecule has 2 aromatic heterocycles. The monoisotopic (exact) mass is 418 g/mol. The number of nitrogens with one attached hydrogen (secondary N) is 1. The number of thiophene rings is 1. The Morgan fingerprint density at radius 2 is 1.83 bits per heavy atom. The van der Waals surface area contributed by atoms with Crippen molar-refractivity contribution in [3.8, 4) is 27.3 Å². The van der Waals surface area contributed by atoms with E-state index in [1.807, 2.05) is 60.8 Å². The molecule has 2 N–H and O–H groups in total. The van der Waals surface area contributed by atoms with Crippen molar-refractivity contribution >= 4 is 28.1 Å². The molecule has 0 unspecified atom stereocenters. The van der Waals surface area contributed by atoms with Crippen LogP contribution in [0.1, 0.15) is 23.7 Å². The second kappa shape index (κ2) is 8.16. The maximum absolute atomic E-state index is 12.5. The first-order valence-electron chi connectivity index (χ1n) is 9.78. The van der Waals surface area contributed by atoms with Crippen molar-refractivity contribution in [1.82, 2.24) is 9.88 Å². The molecule has 152 valence electrons. The Labute approximate surface area is 178 Å². The van der Waals surface area contributed by atoms with E-state index >= 15 is 0 Å². The first-order valence-corrected chi connectivity index (χ1v) is 10.7. The lowest BCUT2D eigenvalue weighted by molar-refractivity contribution is 0.0795. The highest BCUT2D eigenvalue weighted by molar-refractivity contribution is 7.13. The van der Waals surface area contributed by atoms with Crippen LogP contribution < -0.4 is 5.56 Å². The van der Waals surface area contributed by atoms with Crippen molar-refractivity contribution in [2.45, 2.75) is 13.3 Å². The average Bonchev–Trinajstić information content (AvgIpc) is 3.28. The number of aromatic nitrogens is 1. The summed E-state index contributed by atoms with van der Waals surface area (Å²) in [7, 11) is 1.80. The third-order valence-electron chi connectivity index (χ3n) is 5.13. The number of nitrogens with zero attached hydrogens (tertiary/aromatic N) is 1. The van der Waals surface area contributed by atoms with Gasteiger partial charge in [0.1, 0.15) is 5.75 Å². The minimum Gasteiger partial charge on any atom is -0.506 e. The second-order valence-corrected chi connectivity index (χ2v) is 8.17. The Hall–Kier alpha value is -3.38. The number of amides is 1. The molecule has 5 nitrogen and oxygen atoms in total. The molecule has 2 aromatic carbocycles. The van der Waals surface area contributed by atoms with Crippen LogP contribution in [0.15, 0.2) is 64.8 Å². The fourth-order valence-corrected chi connectivity index (χ4v) is 4.34. The summed E-state index contributed by atoms with van der Waals surface area (Å²) in [6.45, 7) is 2.76. The third kappa shape index (κ3) is 3.62. The molecule has 0 saturated heterocycles. The third-order valence-corrected chi connectivity index (χ3v) is 6.01. The van der Waals surface area contributed by atoms with Crippen molar-refractivity contribution in [3.63, 3.8) is 0 Å². The summed E-state index contributed by atoms with van der Waals surface area (Å²) in [6.07, 6.45) is 0.913. The normalized spacial score (nSPS) is 11.0. The molecule has 0 aliphatic carbocycles. The molecule has 6 heteroatoms. The van der Waals surface area contributed by atoms with E-state index in [9.17, 15) is 14.7 Å². The fraction of sp³-hybridized carbons (Fsp3) is 0.167. The number of fused-ring (bicyclic) bond motifs is 1. The molecule has 0 saturated carbocycles. The topological polar surface area (TPSA) is 73.4 Å². The molecule has 0 radical (unpaired) electrons. The number of carbonyl (C=O) groups is 1. The first kappa shape index (κ1) is 19.9. The predicted molar refractivity (Wildman–Crippen MR) is 122 cm³/mol. The van der Waals surface area contributed by atoms with Crippen LogP contribution in [0.25, 0.3) is 32.5 Å². The van der Waals surface area contributed by atoms with Crippen molar-refractivity contribution in [2.24, 2.45) is 0 Å². The van der Waals surface area contributed by atoms with Crippen LogP contribution >= 0.6 is 11.3 Å². The molecule has 2 heterocycles. The lowest BCUT2D eigenvalue weighted by atomic mass is 10.00. The van der Waals surface area contributed by atoms with Crippen LogP contribution in [-0.2, 0) is 0 Å². The van der Waals surface area contributed by atoms with Gasteiger partial charge in [-0.3, -0.25) is 9.59 Å². The zero-order chi connectivity index (χ0) is 21.3. The van der Waals surface area contributed by atoms with Gasteiger partial charge >= 0.3 is 0 Å². The van der Waals surface area contributed by atoms with Crippen molar-refractivity contribution in [2.75, 3.05) is 13.6 Å². The highest BCUT2D eigenvalue weighted by Gasteiger charge is 2.16. The Morgan fingerprint density at radius 3 is 2.50 bits per heavy atom. The fourth-order valence-electron chi connectivity index (χ4n) is 3.57. The standard InChI is InChI=1S/C24H22N2O3S/c1-3-12-26(2)24(29)16-8-6-15(7-9-16)17-10-11-19-18(14-17)22(27)21(23(28)25-19)20-5-4-13-30-20/h4-11,13-14H,3,12H2,1-2H3,(H2,25,27,28). The summed E-state index contributed by atoms with van der Waals surface area (Å²) in [4.78, 5) is 30.2. The van der Waals surface area contributed by atoms with Crippen molar-refractivity contribution < 1.29 is 9.90 Å². The molecule has 4 aromatic rings. The van der Waals surface area contributed by atoms with E-state index in [4.69, 9.17) is 0 Å². The van der Waals surface area contributed by atoms with Crippen LogP contribution in [0, 0.1) is 0 Å².